The molecule has 0 aliphatic rings. The van der Waals surface area contributed by atoms with Crippen molar-refractivity contribution in [2.45, 2.75) is 105 Å². The Labute approximate surface area is 270 Å². The first-order chi connectivity index (χ1) is 21.7. The van der Waals surface area contributed by atoms with Crippen LogP contribution in [0.15, 0.2) is 72.8 Å². The number of rotatable bonds is 22. The van der Waals surface area contributed by atoms with Gasteiger partial charge in [-0.2, -0.15) is 0 Å². The molecular weight excluding hydrogens is 532 g/mol. The molecule has 238 valence electrons. The molecule has 0 radical (unpaired) electrons. The van der Waals surface area contributed by atoms with Crippen molar-refractivity contribution in [3.63, 3.8) is 0 Å². The summed E-state index contributed by atoms with van der Waals surface area (Å²) in [5.74, 6) is 0. The normalized spacial score (nSPS) is 11.5. The lowest BCUT2D eigenvalue weighted by molar-refractivity contribution is 0.636. The van der Waals surface area contributed by atoms with Gasteiger partial charge >= 0.3 is 0 Å². The maximum absolute atomic E-state index is 2.59. The van der Waals surface area contributed by atoms with Crippen molar-refractivity contribution >= 4 is 35.7 Å². The summed E-state index contributed by atoms with van der Waals surface area (Å²) in [5, 5.41) is 0. The molecule has 0 spiro atoms. The third-order valence-electron chi connectivity index (χ3n) is 8.55. The van der Waals surface area contributed by atoms with Crippen LogP contribution in [0.2, 0.25) is 0 Å². The van der Waals surface area contributed by atoms with Gasteiger partial charge in [-0.3, -0.25) is 0 Å². The van der Waals surface area contributed by atoms with Gasteiger partial charge in [-0.05, 0) is 72.2 Å². The van der Waals surface area contributed by atoms with Gasteiger partial charge in [0, 0.05) is 37.6 Å². The molecular formula is C42H60N2. The summed E-state index contributed by atoms with van der Waals surface area (Å²) >= 11 is 0. The molecule has 0 atom stereocenters. The zero-order valence-electron chi connectivity index (χ0n) is 28.4. The quantitative estimate of drug-likeness (QED) is 0.0845. The highest BCUT2D eigenvalue weighted by atomic mass is 15.1. The number of nitrogens with zero attached hydrogens (tertiary/aromatic N) is 2. The van der Waals surface area contributed by atoms with Crippen molar-refractivity contribution in [1.82, 2.24) is 0 Å². The molecule has 0 amide bonds. The lowest BCUT2D eigenvalue weighted by Gasteiger charge is -2.25. The third kappa shape index (κ3) is 12.8. The fraction of sp³-hybridized carbons (Fsp3) is 0.476. The SMILES string of the molecule is CCCCCN(CCCCC)c1ccc(C=Cc2ccccc2C=Cc2ccc(N(CCCCC)CCCCC)cc2)cc1. The molecule has 3 aromatic rings. The van der Waals surface area contributed by atoms with E-state index in [0.717, 1.165) is 26.2 Å². The first-order valence-corrected chi connectivity index (χ1v) is 17.8. The minimum atomic E-state index is 1.16. The van der Waals surface area contributed by atoms with Gasteiger partial charge in [-0.1, -0.05) is 152 Å². The lowest BCUT2D eigenvalue weighted by atomic mass is 10.0. The molecule has 0 unspecified atom stereocenters. The van der Waals surface area contributed by atoms with Gasteiger partial charge < -0.3 is 9.80 Å². The Morgan fingerprint density at radius 1 is 0.386 bits per heavy atom. The first kappa shape index (κ1) is 35.2. The number of benzene rings is 3. The molecule has 44 heavy (non-hydrogen) atoms. The van der Waals surface area contributed by atoms with Gasteiger partial charge in [0.1, 0.15) is 0 Å². The average Bonchev–Trinajstić information content (AvgIpc) is 3.06. The van der Waals surface area contributed by atoms with Crippen molar-refractivity contribution in [2.24, 2.45) is 0 Å². The second kappa shape index (κ2) is 21.4. The Bertz CT molecular complexity index is 1090. The van der Waals surface area contributed by atoms with Gasteiger partial charge in [-0.15, -0.1) is 0 Å². The standard InChI is InChI=1S/C42H60N2/c1-5-9-15-33-43(34-16-10-6-2)41-29-23-37(24-30-41)21-27-39-19-13-14-20-40(39)28-22-38-25-31-42(32-26-38)44(35-17-11-7-3)36-18-12-8-4/h13-14,19-32H,5-12,15-18,33-36H2,1-4H3. The van der Waals surface area contributed by atoms with Crippen molar-refractivity contribution in [3.8, 4) is 0 Å². The zero-order chi connectivity index (χ0) is 31.2. The zero-order valence-corrected chi connectivity index (χ0v) is 28.4. The molecule has 0 aromatic heterocycles. The lowest BCUT2D eigenvalue weighted by Crippen LogP contribution is -2.25. The Balaban J connectivity index is 1.66. The topological polar surface area (TPSA) is 6.48 Å². The predicted molar refractivity (Wildman–Crippen MR) is 200 cm³/mol. The molecule has 0 saturated carbocycles. The summed E-state index contributed by atoms with van der Waals surface area (Å²) in [6.45, 7) is 13.8. The maximum Gasteiger partial charge on any atom is 0.0366 e. The molecule has 0 bridgehead atoms. The van der Waals surface area contributed by atoms with Crippen molar-refractivity contribution in [1.29, 1.82) is 0 Å². The largest absolute Gasteiger partial charge is 0.372 e. The van der Waals surface area contributed by atoms with E-state index in [-0.39, 0.29) is 0 Å². The fourth-order valence-corrected chi connectivity index (χ4v) is 5.73. The summed E-state index contributed by atoms with van der Waals surface area (Å²) in [7, 11) is 0. The predicted octanol–water partition coefficient (Wildman–Crippen LogP) is 12.4. The third-order valence-corrected chi connectivity index (χ3v) is 8.55. The molecule has 3 aromatic carbocycles. The minimum absolute atomic E-state index is 1.16. The van der Waals surface area contributed by atoms with E-state index in [2.05, 4.69) is 135 Å². The molecule has 0 fully saturated rings. The summed E-state index contributed by atoms with van der Waals surface area (Å²) < 4.78 is 0. The summed E-state index contributed by atoms with van der Waals surface area (Å²) in [6.07, 6.45) is 24.4. The molecule has 0 aliphatic heterocycles. The fourth-order valence-electron chi connectivity index (χ4n) is 5.73. The Hall–Kier alpha value is -3.26. The summed E-state index contributed by atoms with van der Waals surface area (Å²) in [6, 6.07) is 27.0. The van der Waals surface area contributed by atoms with Crippen LogP contribution in [0.4, 0.5) is 11.4 Å². The second-order valence-corrected chi connectivity index (χ2v) is 12.3. The highest BCUT2D eigenvalue weighted by molar-refractivity contribution is 5.79. The number of hydrogen-bond donors (Lipinski definition) is 0. The average molecular weight is 593 g/mol. The van der Waals surface area contributed by atoms with Gasteiger partial charge in [0.25, 0.3) is 0 Å². The monoisotopic (exact) mass is 592 g/mol. The van der Waals surface area contributed by atoms with Crippen LogP contribution < -0.4 is 9.80 Å². The van der Waals surface area contributed by atoms with E-state index < -0.39 is 0 Å². The molecule has 0 heterocycles. The number of anilines is 2. The van der Waals surface area contributed by atoms with Crippen LogP contribution in [0.3, 0.4) is 0 Å². The van der Waals surface area contributed by atoms with Gasteiger partial charge in [0.2, 0.25) is 0 Å². The van der Waals surface area contributed by atoms with E-state index in [1.807, 2.05) is 0 Å². The first-order valence-electron chi connectivity index (χ1n) is 17.8. The molecule has 2 heteroatoms. The van der Waals surface area contributed by atoms with E-state index in [9.17, 15) is 0 Å². The molecule has 3 rings (SSSR count). The smallest absolute Gasteiger partial charge is 0.0366 e. The van der Waals surface area contributed by atoms with Gasteiger partial charge in [0.05, 0.1) is 0 Å². The van der Waals surface area contributed by atoms with Crippen LogP contribution in [0.25, 0.3) is 24.3 Å². The van der Waals surface area contributed by atoms with E-state index in [1.54, 1.807) is 0 Å². The molecule has 2 nitrogen and oxygen atoms in total. The maximum atomic E-state index is 2.59. The highest BCUT2D eigenvalue weighted by Crippen LogP contribution is 2.22. The number of hydrogen-bond acceptors (Lipinski definition) is 2. The molecule has 0 aliphatic carbocycles. The van der Waals surface area contributed by atoms with Crippen LogP contribution in [0.5, 0.6) is 0 Å². The van der Waals surface area contributed by atoms with Crippen molar-refractivity contribution in [2.75, 3.05) is 36.0 Å². The van der Waals surface area contributed by atoms with Crippen LogP contribution >= 0.6 is 0 Å². The van der Waals surface area contributed by atoms with Crippen molar-refractivity contribution < 1.29 is 0 Å². The van der Waals surface area contributed by atoms with E-state index >= 15 is 0 Å². The van der Waals surface area contributed by atoms with E-state index in [0.29, 0.717) is 0 Å². The molecule has 0 N–H and O–H groups in total. The summed E-state index contributed by atoms with van der Waals surface area (Å²) in [5.41, 5.74) is 7.68. The van der Waals surface area contributed by atoms with Crippen LogP contribution in [-0.2, 0) is 0 Å². The van der Waals surface area contributed by atoms with Crippen molar-refractivity contribution in [3.05, 3.63) is 95.1 Å². The Morgan fingerprint density at radius 2 is 0.705 bits per heavy atom. The molecule has 0 saturated heterocycles. The minimum Gasteiger partial charge on any atom is -0.372 e. The highest BCUT2D eigenvalue weighted by Gasteiger charge is 2.07. The van der Waals surface area contributed by atoms with E-state index in [1.165, 1.54) is 111 Å². The van der Waals surface area contributed by atoms with Crippen LogP contribution in [0, 0.1) is 0 Å². The van der Waals surface area contributed by atoms with Gasteiger partial charge in [0.15, 0.2) is 0 Å². The van der Waals surface area contributed by atoms with Crippen LogP contribution in [0.1, 0.15) is 127 Å². The van der Waals surface area contributed by atoms with Gasteiger partial charge in [-0.25, -0.2) is 0 Å². The van der Waals surface area contributed by atoms with E-state index in [4.69, 9.17) is 0 Å². The second-order valence-electron chi connectivity index (χ2n) is 12.3. The summed E-state index contributed by atoms with van der Waals surface area (Å²) in [4.78, 5) is 5.17. The Kier molecular flexibility index (Phi) is 17.2. The Morgan fingerprint density at radius 3 is 1.00 bits per heavy atom. The number of unbranched alkanes of at least 4 members (excludes halogenated alkanes) is 8. The van der Waals surface area contributed by atoms with Crippen LogP contribution in [-0.4, -0.2) is 26.2 Å².